The molecule has 0 radical (unpaired) electrons. The van der Waals surface area contributed by atoms with Gasteiger partial charge >= 0.3 is 5.97 Å². The first-order chi connectivity index (χ1) is 10.5. The molecule has 1 saturated carbocycles. The number of carboxylic acid groups (broad SMARTS) is 1. The van der Waals surface area contributed by atoms with Crippen molar-refractivity contribution in [3.8, 4) is 5.75 Å². The lowest BCUT2D eigenvalue weighted by atomic mass is 10.2. The molecule has 1 aromatic heterocycles. The van der Waals surface area contributed by atoms with Gasteiger partial charge in [0.1, 0.15) is 23.8 Å². The molecule has 22 heavy (non-hydrogen) atoms. The first kappa shape index (κ1) is 14.4. The summed E-state index contributed by atoms with van der Waals surface area (Å²) in [7, 11) is 1.46. The van der Waals surface area contributed by atoms with E-state index in [1.54, 1.807) is 0 Å². The number of carboxylic acids is 1. The van der Waals surface area contributed by atoms with E-state index in [1.807, 2.05) is 0 Å². The third kappa shape index (κ3) is 2.49. The number of fused-ring (bicyclic) bond motifs is 1. The molecule has 0 aliphatic heterocycles. The number of nitrogens with one attached hydrogen (secondary N) is 1. The standard InChI is InChI=1S/C15H15FN2O4/c1-22-12-5-4-10(16)14-9(12)6-11(17-14)15(21)18(7-13(19)20)8-2-3-8/h4-6,8,17H,2-3,7H2,1H3,(H,19,20). The van der Waals surface area contributed by atoms with Crippen LogP contribution >= 0.6 is 0 Å². The summed E-state index contributed by atoms with van der Waals surface area (Å²) in [6, 6.07) is 4.18. The minimum atomic E-state index is -1.07. The summed E-state index contributed by atoms with van der Waals surface area (Å²) < 4.78 is 19.0. The van der Waals surface area contributed by atoms with Crippen molar-refractivity contribution in [3.63, 3.8) is 0 Å². The quantitative estimate of drug-likeness (QED) is 0.885. The Morgan fingerprint density at radius 1 is 1.45 bits per heavy atom. The predicted octanol–water partition coefficient (Wildman–Crippen LogP) is 2.00. The zero-order valence-corrected chi connectivity index (χ0v) is 11.9. The minimum Gasteiger partial charge on any atom is -0.496 e. The second-order valence-electron chi connectivity index (χ2n) is 5.28. The summed E-state index contributed by atoms with van der Waals surface area (Å²) in [6.45, 7) is -0.363. The maximum Gasteiger partial charge on any atom is 0.323 e. The van der Waals surface area contributed by atoms with Crippen molar-refractivity contribution < 1.29 is 23.8 Å². The molecule has 1 aliphatic rings. The van der Waals surface area contributed by atoms with Gasteiger partial charge in [-0.3, -0.25) is 9.59 Å². The largest absolute Gasteiger partial charge is 0.496 e. The van der Waals surface area contributed by atoms with Gasteiger partial charge in [0.25, 0.3) is 5.91 Å². The summed E-state index contributed by atoms with van der Waals surface area (Å²) >= 11 is 0. The molecule has 0 bridgehead atoms. The Kier molecular flexibility index (Phi) is 3.48. The van der Waals surface area contributed by atoms with Gasteiger partial charge in [0, 0.05) is 11.4 Å². The van der Waals surface area contributed by atoms with E-state index in [9.17, 15) is 14.0 Å². The Morgan fingerprint density at radius 3 is 2.77 bits per heavy atom. The average Bonchev–Trinajstić information content (AvgIpc) is 3.22. The molecule has 1 amide bonds. The van der Waals surface area contributed by atoms with Gasteiger partial charge in [0.05, 0.1) is 12.6 Å². The van der Waals surface area contributed by atoms with Gasteiger partial charge in [0.2, 0.25) is 0 Å². The number of hydrogen-bond donors (Lipinski definition) is 2. The fourth-order valence-corrected chi connectivity index (χ4v) is 2.51. The summed E-state index contributed by atoms with van der Waals surface area (Å²) in [5, 5.41) is 9.39. The Morgan fingerprint density at radius 2 is 2.18 bits per heavy atom. The second-order valence-corrected chi connectivity index (χ2v) is 5.28. The van der Waals surface area contributed by atoms with Crippen LogP contribution in [0, 0.1) is 5.82 Å². The van der Waals surface area contributed by atoms with Crippen molar-refractivity contribution in [2.45, 2.75) is 18.9 Å². The van der Waals surface area contributed by atoms with E-state index in [2.05, 4.69) is 4.98 Å². The monoisotopic (exact) mass is 306 g/mol. The number of amides is 1. The fourth-order valence-electron chi connectivity index (χ4n) is 2.51. The van der Waals surface area contributed by atoms with E-state index in [0.717, 1.165) is 12.8 Å². The van der Waals surface area contributed by atoms with Crippen LogP contribution in [0.1, 0.15) is 23.3 Å². The minimum absolute atomic E-state index is 0.0539. The number of benzene rings is 1. The van der Waals surface area contributed by atoms with Gasteiger partial charge in [-0.05, 0) is 31.0 Å². The second kappa shape index (κ2) is 5.32. The highest BCUT2D eigenvalue weighted by atomic mass is 19.1. The summed E-state index contributed by atoms with van der Waals surface area (Å²) in [5.74, 6) is -1.56. The Hall–Kier alpha value is -2.57. The highest BCUT2D eigenvalue weighted by molar-refractivity contribution is 6.01. The molecule has 1 aliphatic carbocycles. The molecule has 0 saturated heterocycles. The Balaban J connectivity index is 2.00. The van der Waals surface area contributed by atoms with Gasteiger partial charge in [-0.1, -0.05) is 0 Å². The summed E-state index contributed by atoms with van der Waals surface area (Å²) in [5.41, 5.74) is 0.334. The molecule has 2 N–H and O–H groups in total. The van der Waals surface area contributed by atoms with E-state index < -0.39 is 17.7 Å². The lowest BCUT2D eigenvalue weighted by Crippen LogP contribution is -2.37. The maximum absolute atomic E-state index is 13.9. The molecule has 7 heteroatoms. The third-order valence-corrected chi connectivity index (χ3v) is 3.71. The molecule has 1 fully saturated rings. The fraction of sp³-hybridized carbons (Fsp3) is 0.333. The number of halogens is 1. The number of aliphatic carboxylic acids is 1. The molecule has 6 nitrogen and oxygen atoms in total. The van der Waals surface area contributed by atoms with Crippen LogP contribution in [0.4, 0.5) is 4.39 Å². The van der Waals surface area contributed by atoms with Crippen LogP contribution < -0.4 is 4.74 Å². The average molecular weight is 306 g/mol. The number of ether oxygens (including phenoxy) is 1. The van der Waals surface area contributed by atoms with Gasteiger partial charge in [-0.25, -0.2) is 4.39 Å². The van der Waals surface area contributed by atoms with E-state index in [1.165, 1.54) is 30.2 Å². The summed E-state index contributed by atoms with van der Waals surface area (Å²) in [4.78, 5) is 27.5. The number of rotatable bonds is 5. The topological polar surface area (TPSA) is 82.6 Å². The van der Waals surface area contributed by atoms with Crippen LogP contribution in [0.5, 0.6) is 5.75 Å². The first-order valence-corrected chi connectivity index (χ1v) is 6.89. The van der Waals surface area contributed by atoms with Crippen molar-refractivity contribution in [1.82, 2.24) is 9.88 Å². The van der Waals surface area contributed by atoms with Crippen molar-refractivity contribution in [2.75, 3.05) is 13.7 Å². The van der Waals surface area contributed by atoms with Crippen molar-refractivity contribution in [3.05, 3.63) is 29.7 Å². The highest BCUT2D eigenvalue weighted by Crippen LogP contribution is 2.31. The van der Waals surface area contributed by atoms with Crippen molar-refractivity contribution in [1.29, 1.82) is 0 Å². The molecule has 0 unspecified atom stereocenters. The molecule has 3 rings (SSSR count). The molecular weight excluding hydrogens is 291 g/mol. The number of carbonyl (C=O) groups is 2. The summed E-state index contributed by atoms with van der Waals surface area (Å²) in [6.07, 6.45) is 1.58. The van der Waals surface area contributed by atoms with Crippen molar-refractivity contribution in [2.24, 2.45) is 0 Å². The smallest absolute Gasteiger partial charge is 0.323 e. The molecule has 1 heterocycles. The molecular formula is C15H15FN2O4. The molecule has 0 spiro atoms. The van der Waals surface area contributed by atoms with Gasteiger partial charge in [-0.15, -0.1) is 0 Å². The van der Waals surface area contributed by atoms with Crippen LogP contribution in [0.15, 0.2) is 18.2 Å². The van der Waals surface area contributed by atoms with E-state index in [-0.39, 0.29) is 23.8 Å². The van der Waals surface area contributed by atoms with Gasteiger partial charge in [-0.2, -0.15) is 0 Å². The zero-order chi connectivity index (χ0) is 15.9. The van der Waals surface area contributed by atoms with Gasteiger partial charge < -0.3 is 19.7 Å². The van der Waals surface area contributed by atoms with Crippen LogP contribution in [0.25, 0.3) is 10.9 Å². The number of carbonyl (C=O) groups excluding carboxylic acids is 1. The Bertz CT molecular complexity index is 751. The van der Waals surface area contributed by atoms with Crippen LogP contribution in [-0.4, -0.2) is 46.6 Å². The van der Waals surface area contributed by atoms with E-state index in [0.29, 0.717) is 11.1 Å². The molecule has 1 aromatic carbocycles. The number of aromatic nitrogens is 1. The van der Waals surface area contributed by atoms with E-state index >= 15 is 0 Å². The van der Waals surface area contributed by atoms with E-state index in [4.69, 9.17) is 9.84 Å². The zero-order valence-electron chi connectivity index (χ0n) is 11.9. The SMILES string of the molecule is COc1ccc(F)c2[nH]c(C(=O)N(CC(=O)O)C3CC3)cc12. The third-order valence-electron chi connectivity index (χ3n) is 3.71. The number of aromatic amines is 1. The normalized spacial score (nSPS) is 14.1. The number of H-pyrrole nitrogens is 1. The Labute approximate surface area is 125 Å². The van der Waals surface area contributed by atoms with Crippen LogP contribution in [0.2, 0.25) is 0 Å². The maximum atomic E-state index is 13.9. The molecule has 2 aromatic rings. The number of hydrogen-bond acceptors (Lipinski definition) is 3. The molecule has 0 atom stereocenters. The lowest BCUT2D eigenvalue weighted by molar-refractivity contribution is -0.137. The van der Waals surface area contributed by atoms with Crippen LogP contribution in [-0.2, 0) is 4.79 Å². The van der Waals surface area contributed by atoms with Gasteiger partial charge in [0.15, 0.2) is 0 Å². The van der Waals surface area contributed by atoms with Crippen molar-refractivity contribution >= 4 is 22.8 Å². The number of nitrogens with zero attached hydrogens (tertiary/aromatic N) is 1. The lowest BCUT2D eigenvalue weighted by Gasteiger charge is -2.19. The number of methoxy groups -OCH3 is 1. The first-order valence-electron chi connectivity index (χ1n) is 6.89. The highest BCUT2D eigenvalue weighted by Gasteiger charge is 2.35. The van der Waals surface area contributed by atoms with Crippen LogP contribution in [0.3, 0.4) is 0 Å². The predicted molar refractivity (Wildman–Crippen MR) is 76.5 cm³/mol. The molecule has 116 valence electrons.